The van der Waals surface area contributed by atoms with E-state index in [4.69, 9.17) is 16.3 Å². The van der Waals surface area contributed by atoms with Crippen LogP contribution >= 0.6 is 11.6 Å². The smallest absolute Gasteiger partial charge is 0.339 e. The maximum Gasteiger partial charge on any atom is 0.339 e. The molecule has 0 spiro atoms. The molecule has 0 heterocycles. The van der Waals surface area contributed by atoms with Gasteiger partial charge in [-0.15, -0.1) is 0 Å². The first kappa shape index (κ1) is 19.3. The molecule has 1 atom stereocenters. The normalized spacial score (nSPS) is 16.2. The van der Waals surface area contributed by atoms with Crippen LogP contribution in [0.4, 0.5) is 4.39 Å². The van der Waals surface area contributed by atoms with Crippen LogP contribution in [0.1, 0.15) is 63.9 Å². The minimum atomic E-state index is -0.735. The third kappa shape index (κ3) is 4.11. The fourth-order valence-corrected chi connectivity index (χ4v) is 3.49. The molecular formula is C22H20ClFO3. The number of ether oxygens (including phenoxy) is 1. The Labute approximate surface area is 162 Å². The van der Waals surface area contributed by atoms with Crippen LogP contribution in [0.5, 0.6) is 0 Å². The van der Waals surface area contributed by atoms with Gasteiger partial charge in [-0.3, -0.25) is 4.79 Å². The first-order valence-corrected chi connectivity index (χ1v) is 9.37. The summed E-state index contributed by atoms with van der Waals surface area (Å²) >= 11 is 5.88. The van der Waals surface area contributed by atoms with Crippen molar-refractivity contribution in [1.82, 2.24) is 0 Å². The Bertz CT molecular complexity index is 887. The van der Waals surface area contributed by atoms with Crippen molar-refractivity contribution in [2.45, 2.75) is 32.1 Å². The third-order valence-electron chi connectivity index (χ3n) is 4.65. The Balaban J connectivity index is 2.17. The molecule has 0 aliphatic heterocycles. The molecule has 0 aromatic heterocycles. The molecule has 0 saturated heterocycles. The predicted octanol–water partition coefficient (Wildman–Crippen LogP) is 5.71. The van der Waals surface area contributed by atoms with Crippen LogP contribution in [0.2, 0.25) is 5.02 Å². The van der Waals surface area contributed by atoms with Crippen LogP contribution in [-0.4, -0.2) is 18.4 Å². The number of benzene rings is 2. The monoisotopic (exact) mass is 386 g/mol. The summed E-state index contributed by atoms with van der Waals surface area (Å²) in [6.45, 7) is 1.82. The zero-order valence-electron chi connectivity index (χ0n) is 15.0. The second-order valence-corrected chi connectivity index (χ2v) is 6.85. The molecule has 1 unspecified atom stereocenters. The van der Waals surface area contributed by atoms with E-state index >= 15 is 0 Å². The van der Waals surface area contributed by atoms with Crippen molar-refractivity contribution < 1.29 is 18.7 Å². The first-order chi connectivity index (χ1) is 13.0. The molecular weight excluding hydrogens is 367 g/mol. The lowest BCUT2D eigenvalue weighted by Gasteiger charge is -2.21. The number of carbonyl (C=O) groups is 2. The minimum absolute atomic E-state index is 0.0216. The van der Waals surface area contributed by atoms with Gasteiger partial charge in [0.15, 0.2) is 5.78 Å². The van der Waals surface area contributed by atoms with E-state index in [0.717, 1.165) is 19.3 Å². The van der Waals surface area contributed by atoms with Crippen LogP contribution in [-0.2, 0) is 4.74 Å². The summed E-state index contributed by atoms with van der Waals surface area (Å²) in [6, 6.07) is 9.00. The maximum atomic E-state index is 14.7. The first-order valence-electron chi connectivity index (χ1n) is 8.99. The van der Waals surface area contributed by atoms with Gasteiger partial charge in [0.05, 0.1) is 17.7 Å². The fraction of sp³-hybridized carbons (Fsp3) is 0.273. The lowest BCUT2D eigenvalue weighted by atomic mass is 9.83. The number of hydrogen-bond acceptors (Lipinski definition) is 3. The molecule has 5 heteroatoms. The molecule has 3 nitrogen and oxygen atoms in total. The summed E-state index contributed by atoms with van der Waals surface area (Å²) in [7, 11) is 0. The minimum Gasteiger partial charge on any atom is -0.462 e. The molecule has 1 aliphatic rings. The van der Waals surface area contributed by atoms with E-state index in [1.807, 2.05) is 12.2 Å². The van der Waals surface area contributed by atoms with Crippen molar-refractivity contribution in [1.29, 1.82) is 0 Å². The zero-order valence-corrected chi connectivity index (χ0v) is 15.8. The average molecular weight is 387 g/mol. The second kappa shape index (κ2) is 8.49. The van der Waals surface area contributed by atoms with Gasteiger partial charge in [-0.25, -0.2) is 9.18 Å². The lowest BCUT2D eigenvalue weighted by Crippen LogP contribution is -2.19. The standard InChI is InChI=1S/C22H20ClFO3/c1-2-27-22(26)19-17(14-6-4-3-5-7-14)12-13-18(24)20(19)21(25)15-8-10-16(23)11-9-15/h4,6,8-14H,2-3,5,7H2,1H3. The van der Waals surface area contributed by atoms with Gasteiger partial charge in [0.2, 0.25) is 0 Å². The molecule has 0 amide bonds. The zero-order chi connectivity index (χ0) is 19.4. The highest BCUT2D eigenvalue weighted by Crippen LogP contribution is 2.34. The van der Waals surface area contributed by atoms with E-state index < -0.39 is 17.6 Å². The van der Waals surface area contributed by atoms with Crippen LogP contribution in [0.3, 0.4) is 0 Å². The van der Waals surface area contributed by atoms with Crippen molar-refractivity contribution in [2.24, 2.45) is 0 Å². The number of halogens is 2. The topological polar surface area (TPSA) is 43.4 Å². The Hall–Kier alpha value is -2.46. The summed E-state index contributed by atoms with van der Waals surface area (Å²) in [5.74, 6) is -2.02. The molecule has 1 aliphatic carbocycles. The summed E-state index contributed by atoms with van der Waals surface area (Å²) in [4.78, 5) is 25.7. The number of esters is 1. The lowest BCUT2D eigenvalue weighted by molar-refractivity contribution is 0.0521. The summed E-state index contributed by atoms with van der Waals surface area (Å²) in [5, 5.41) is 0.471. The van der Waals surface area contributed by atoms with Gasteiger partial charge in [0.1, 0.15) is 5.82 Å². The number of rotatable bonds is 5. The molecule has 2 aromatic carbocycles. The highest BCUT2D eigenvalue weighted by molar-refractivity contribution is 6.30. The van der Waals surface area contributed by atoms with Gasteiger partial charge in [-0.1, -0.05) is 29.8 Å². The molecule has 0 radical (unpaired) electrons. The Morgan fingerprint density at radius 3 is 2.52 bits per heavy atom. The van der Waals surface area contributed by atoms with Crippen LogP contribution in [0.25, 0.3) is 0 Å². The van der Waals surface area contributed by atoms with E-state index in [1.54, 1.807) is 25.1 Å². The van der Waals surface area contributed by atoms with E-state index in [1.165, 1.54) is 18.2 Å². The van der Waals surface area contributed by atoms with Crippen molar-refractivity contribution >= 4 is 23.4 Å². The number of hydrogen-bond donors (Lipinski definition) is 0. The van der Waals surface area contributed by atoms with Gasteiger partial charge in [-0.05, 0) is 62.1 Å². The van der Waals surface area contributed by atoms with Crippen LogP contribution < -0.4 is 0 Å². The quantitative estimate of drug-likeness (QED) is 0.375. The molecule has 3 rings (SSSR count). The predicted molar refractivity (Wildman–Crippen MR) is 103 cm³/mol. The maximum absolute atomic E-state index is 14.7. The summed E-state index contributed by atoms with van der Waals surface area (Å²) in [6.07, 6.45) is 6.84. The largest absolute Gasteiger partial charge is 0.462 e. The Morgan fingerprint density at radius 1 is 1.15 bits per heavy atom. The number of ketones is 1. The van der Waals surface area contributed by atoms with Crippen molar-refractivity contribution in [3.05, 3.63) is 81.6 Å². The number of carbonyl (C=O) groups excluding carboxylic acids is 2. The summed E-state index contributed by atoms with van der Waals surface area (Å²) < 4.78 is 19.9. The molecule has 2 aromatic rings. The van der Waals surface area contributed by atoms with Gasteiger partial charge in [0, 0.05) is 16.5 Å². The van der Waals surface area contributed by atoms with E-state index in [0.29, 0.717) is 10.6 Å². The molecule has 0 saturated carbocycles. The van der Waals surface area contributed by atoms with Gasteiger partial charge < -0.3 is 4.74 Å². The van der Waals surface area contributed by atoms with Crippen molar-refractivity contribution in [3.8, 4) is 0 Å². The second-order valence-electron chi connectivity index (χ2n) is 6.41. The van der Waals surface area contributed by atoms with Crippen LogP contribution in [0, 0.1) is 5.82 Å². The highest BCUT2D eigenvalue weighted by Gasteiger charge is 2.29. The third-order valence-corrected chi connectivity index (χ3v) is 4.91. The number of allylic oxidation sites excluding steroid dienone is 2. The molecule has 0 fully saturated rings. The summed E-state index contributed by atoms with van der Waals surface area (Å²) in [5.41, 5.74) is 0.670. The van der Waals surface area contributed by atoms with Gasteiger partial charge >= 0.3 is 5.97 Å². The SMILES string of the molecule is CCOC(=O)c1c(C2C=CCCC2)ccc(F)c1C(=O)c1ccc(Cl)cc1. The van der Waals surface area contributed by atoms with Gasteiger partial charge in [0.25, 0.3) is 0 Å². The Morgan fingerprint density at radius 2 is 1.89 bits per heavy atom. The highest BCUT2D eigenvalue weighted by atomic mass is 35.5. The molecule has 0 N–H and O–H groups in total. The molecule has 0 bridgehead atoms. The fourth-order valence-electron chi connectivity index (χ4n) is 3.36. The van der Waals surface area contributed by atoms with E-state index in [2.05, 4.69) is 0 Å². The van der Waals surface area contributed by atoms with E-state index in [-0.39, 0.29) is 29.2 Å². The van der Waals surface area contributed by atoms with Gasteiger partial charge in [-0.2, -0.15) is 0 Å². The van der Waals surface area contributed by atoms with Crippen molar-refractivity contribution in [3.63, 3.8) is 0 Å². The van der Waals surface area contributed by atoms with Crippen LogP contribution in [0.15, 0.2) is 48.6 Å². The molecule has 27 heavy (non-hydrogen) atoms. The average Bonchev–Trinajstić information content (AvgIpc) is 2.68. The van der Waals surface area contributed by atoms with E-state index in [9.17, 15) is 14.0 Å². The Kier molecular flexibility index (Phi) is 6.07. The van der Waals surface area contributed by atoms with Crippen molar-refractivity contribution in [2.75, 3.05) is 6.61 Å². The molecule has 140 valence electrons.